The fraction of sp³-hybridized carbons (Fsp3) is 0.333. The van der Waals surface area contributed by atoms with Crippen LogP contribution < -0.4 is 4.72 Å². The monoisotopic (exact) mass is 355 g/mol. The third kappa shape index (κ3) is 4.39. The Morgan fingerprint density at radius 3 is 2.67 bits per heavy atom. The van der Waals surface area contributed by atoms with E-state index in [0.717, 1.165) is 10.9 Å². The van der Waals surface area contributed by atoms with Crippen molar-refractivity contribution in [2.24, 2.45) is 0 Å². The molecule has 0 bridgehead atoms. The molecule has 0 aliphatic carbocycles. The maximum atomic E-state index is 13.7. The molecule has 0 spiro atoms. The lowest BCUT2D eigenvalue weighted by atomic mass is 10.0. The molecule has 0 atom stereocenters. The number of nitrogens with zero attached hydrogens (tertiary/aromatic N) is 2. The summed E-state index contributed by atoms with van der Waals surface area (Å²) < 4.78 is 42.2. The molecule has 9 heteroatoms. The maximum absolute atomic E-state index is 13.7. The summed E-state index contributed by atoms with van der Waals surface area (Å²) in [6.07, 6.45) is 2.28. The number of sulfonamides is 1. The predicted molar refractivity (Wildman–Crippen MR) is 84.8 cm³/mol. The number of nitrogens with one attached hydrogen (secondary N) is 1. The fourth-order valence-corrected chi connectivity index (χ4v) is 3.48. The van der Waals surface area contributed by atoms with Crippen molar-refractivity contribution in [2.75, 3.05) is 0 Å². The number of carboxylic acids is 1. The first kappa shape index (κ1) is 18.1. The van der Waals surface area contributed by atoms with Crippen LogP contribution in [0, 0.1) is 5.82 Å². The molecule has 1 heterocycles. The maximum Gasteiger partial charge on any atom is 0.303 e. The van der Waals surface area contributed by atoms with Gasteiger partial charge in [-0.2, -0.15) is 5.10 Å². The van der Waals surface area contributed by atoms with Crippen molar-refractivity contribution in [3.63, 3.8) is 0 Å². The van der Waals surface area contributed by atoms with Gasteiger partial charge < -0.3 is 5.11 Å². The van der Waals surface area contributed by atoms with E-state index in [1.54, 1.807) is 19.9 Å². The minimum Gasteiger partial charge on any atom is -0.481 e. The van der Waals surface area contributed by atoms with Crippen LogP contribution in [0.1, 0.15) is 26.7 Å². The van der Waals surface area contributed by atoms with Crippen molar-refractivity contribution >= 4 is 16.0 Å². The van der Waals surface area contributed by atoms with Gasteiger partial charge in [0.1, 0.15) is 16.4 Å². The molecule has 0 saturated heterocycles. The normalized spacial score (nSPS) is 12.3. The quantitative estimate of drug-likeness (QED) is 0.790. The molecule has 0 aliphatic rings. The molecule has 0 radical (unpaired) electrons. The SMILES string of the molecule is CC(C)(CCC(=O)O)NS(=O)(=O)c1cnn(-c2ccccc2F)c1. The summed E-state index contributed by atoms with van der Waals surface area (Å²) in [5.41, 5.74) is -0.818. The Kier molecular flexibility index (Phi) is 5.05. The molecule has 24 heavy (non-hydrogen) atoms. The number of rotatable bonds is 7. The second kappa shape index (κ2) is 6.70. The zero-order chi connectivity index (χ0) is 18.0. The van der Waals surface area contributed by atoms with E-state index in [1.165, 1.54) is 24.4 Å². The van der Waals surface area contributed by atoms with Gasteiger partial charge in [0.25, 0.3) is 0 Å². The van der Waals surface area contributed by atoms with E-state index in [0.29, 0.717) is 0 Å². The standard InChI is InChI=1S/C15H18FN3O4S/c1-15(2,8-7-14(20)21)18-24(22,23)11-9-17-19(10-11)13-6-4-3-5-12(13)16/h3-6,9-10,18H,7-8H2,1-2H3,(H,20,21). The topological polar surface area (TPSA) is 101 Å². The minimum atomic E-state index is -3.91. The fourth-order valence-electron chi connectivity index (χ4n) is 2.11. The van der Waals surface area contributed by atoms with Crippen LogP contribution in [-0.2, 0) is 14.8 Å². The number of carbonyl (C=O) groups is 1. The Bertz CT molecular complexity index is 846. The van der Waals surface area contributed by atoms with Gasteiger partial charge in [0, 0.05) is 12.0 Å². The van der Waals surface area contributed by atoms with Gasteiger partial charge in [-0.25, -0.2) is 22.2 Å². The highest BCUT2D eigenvalue weighted by atomic mass is 32.2. The number of halogens is 1. The highest BCUT2D eigenvalue weighted by molar-refractivity contribution is 7.89. The van der Waals surface area contributed by atoms with Crippen molar-refractivity contribution in [1.82, 2.24) is 14.5 Å². The highest BCUT2D eigenvalue weighted by Crippen LogP contribution is 2.19. The van der Waals surface area contributed by atoms with E-state index in [9.17, 15) is 17.6 Å². The Morgan fingerprint density at radius 1 is 1.38 bits per heavy atom. The van der Waals surface area contributed by atoms with Gasteiger partial charge in [0.05, 0.1) is 12.4 Å². The average Bonchev–Trinajstić information content (AvgIpc) is 2.95. The van der Waals surface area contributed by atoms with Crippen LogP contribution in [-0.4, -0.2) is 34.8 Å². The molecule has 1 aromatic carbocycles. The van der Waals surface area contributed by atoms with Gasteiger partial charge in [-0.1, -0.05) is 12.1 Å². The summed E-state index contributed by atoms with van der Waals surface area (Å²) in [6.45, 7) is 3.18. The summed E-state index contributed by atoms with van der Waals surface area (Å²) in [4.78, 5) is 10.5. The molecule has 0 unspecified atom stereocenters. The van der Waals surface area contributed by atoms with Gasteiger partial charge >= 0.3 is 5.97 Å². The molecule has 0 fully saturated rings. The van der Waals surface area contributed by atoms with Gasteiger partial charge in [0.2, 0.25) is 10.0 Å². The van der Waals surface area contributed by atoms with E-state index in [1.807, 2.05) is 0 Å². The highest BCUT2D eigenvalue weighted by Gasteiger charge is 2.28. The lowest BCUT2D eigenvalue weighted by Crippen LogP contribution is -2.43. The Morgan fingerprint density at radius 2 is 2.04 bits per heavy atom. The molecule has 130 valence electrons. The first-order chi connectivity index (χ1) is 11.1. The number of hydrogen-bond acceptors (Lipinski definition) is 4. The number of carboxylic acid groups (broad SMARTS) is 1. The van der Waals surface area contributed by atoms with Crippen LogP contribution in [0.3, 0.4) is 0 Å². The molecular formula is C15H18FN3O4S. The first-order valence-corrected chi connectivity index (χ1v) is 8.64. The second-order valence-corrected chi connectivity index (χ2v) is 7.64. The Hall–Kier alpha value is -2.26. The van der Waals surface area contributed by atoms with E-state index >= 15 is 0 Å². The molecule has 0 amide bonds. The van der Waals surface area contributed by atoms with E-state index in [2.05, 4.69) is 9.82 Å². The summed E-state index contributed by atoms with van der Waals surface area (Å²) in [5, 5.41) is 12.6. The molecule has 2 aromatic rings. The number of hydrogen-bond donors (Lipinski definition) is 2. The summed E-state index contributed by atoms with van der Waals surface area (Å²) in [7, 11) is -3.91. The van der Waals surface area contributed by atoms with Gasteiger partial charge in [-0.05, 0) is 32.4 Å². The van der Waals surface area contributed by atoms with Crippen LogP contribution >= 0.6 is 0 Å². The van der Waals surface area contributed by atoms with Gasteiger partial charge in [-0.15, -0.1) is 0 Å². The summed E-state index contributed by atoms with van der Waals surface area (Å²) >= 11 is 0. The smallest absolute Gasteiger partial charge is 0.303 e. The summed E-state index contributed by atoms with van der Waals surface area (Å²) in [6, 6.07) is 5.86. The lowest BCUT2D eigenvalue weighted by molar-refractivity contribution is -0.137. The van der Waals surface area contributed by atoms with Crippen LogP contribution in [0.4, 0.5) is 4.39 Å². The van der Waals surface area contributed by atoms with E-state index in [4.69, 9.17) is 5.11 Å². The largest absolute Gasteiger partial charge is 0.481 e. The summed E-state index contributed by atoms with van der Waals surface area (Å²) in [5.74, 6) is -1.53. The number of aromatic nitrogens is 2. The zero-order valence-corrected chi connectivity index (χ0v) is 14.0. The predicted octanol–water partition coefficient (Wildman–Crippen LogP) is 1.93. The van der Waals surface area contributed by atoms with Crippen molar-refractivity contribution in [3.8, 4) is 5.69 Å². The number of aliphatic carboxylic acids is 1. The number of para-hydroxylation sites is 1. The number of benzene rings is 1. The molecule has 2 rings (SSSR count). The minimum absolute atomic E-state index is 0.128. The van der Waals surface area contributed by atoms with E-state index in [-0.39, 0.29) is 23.4 Å². The van der Waals surface area contributed by atoms with Crippen LogP contribution in [0.5, 0.6) is 0 Å². The molecule has 1 aromatic heterocycles. The molecular weight excluding hydrogens is 337 g/mol. The van der Waals surface area contributed by atoms with Crippen molar-refractivity contribution in [2.45, 2.75) is 37.1 Å². The van der Waals surface area contributed by atoms with Crippen LogP contribution in [0.25, 0.3) is 5.69 Å². The second-order valence-electron chi connectivity index (χ2n) is 5.96. The van der Waals surface area contributed by atoms with E-state index < -0.39 is 27.3 Å². The van der Waals surface area contributed by atoms with Crippen LogP contribution in [0.2, 0.25) is 0 Å². The first-order valence-electron chi connectivity index (χ1n) is 7.16. The molecule has 0 saturated carbocycles. The Labute approximate surface area is 139 Å². The zero-order valence-electron chi connectivity index (χ0n) is 13.2. The Balaban J connectivity index is 2.22. The molecule has 2 N–H and O–H groups in total. The van der Waals surface area contributed by atoms with Crippen molar-refractivity contribution in [1.29, 1.82) is 0 Å². The third-order valence-corrected chi connectivity index (χ3v) is 5.00. The van der Waals surface area contributed by atoms with Crippen molar-refractivity contribution < 1.29 is 22.7 Å². The van der Waals surface area contributed by atoms with Gasteiger partial charge in [-0.3, -0.25) is 4.79 Å². The molecule has 7 nitrogen and oxygen atoms in total. The average molecular weight is 355 g/mol. The van der Waals surface area contributed by atoms with Gasteiger partial charge in [0.15, 0.2) is 0 Å². The van der Waals surface area contributed by atoms with Crippen molar-refractivity contribution in [3.05, 3.63) is 42.5 Å². The lowest BCUT2D eigenvalue weighted by Gasteiger charge is -2.24. The van der Waals surface area contributed by atoms with Crippen LogP contribution in [0.15, 0.2) is 41.6 Å². The molecule has 0 aliphatic heterocycles. The third-order valence-electron chi connectivity index (χ3n) is 3.34.